The molecule has 0 bridgehead atoms. The van der Waals surface area contributed by atoms with Crippen LogP contribution in [0.25, 0.3) is 0 Å². The van der Waals surface area contributed by atoms with Crippen LogP contribution in [-0.2, 0) is 14.3 Å². The predicted octanol–water partition coefficient (Wildman–Crippen LogP) is 1.82. The fraction of sp³-hybridized carbons (Fsp3) is 0.824. The second-order valence-electron chi connectivity index (χ2n) is 7.95. The summed E-state index contributed by atoms with van der Waals surface area (Å²) in [5.41, 5.74) is -1.71. The average Bonchev–Trinajstić information content (AvgIpc) is 3.01. The third-order valence-electron chi connectivity index (χ3n) is 4.92. The molecule has 0 aromatic carbocycles. The van der Waals surface area contributed by atoms with Crippen molar-refractivity contribution in [2.24, 2.45) is 11.3 Å². The molecule has 7 nitrogen and oxygen atoms in total. The molecule has 7 heteroatoms. The molecule has 1 aliphatic carbocycles. The Hall–Kier alpha value is -1.63. The second kappa shape index (κ2) is 6.35. The predicted molar refractivity (Wildman–Crippen MR) is 85.4 cm³/mol. The standard InChI is InChI=1S/C17H27NO6/c1-5-10-7-17(10,14(21)22)8-13(20)12-6-11(19)9-18(12)15(23)24-16(2,3)4/h10-12,19H,5-9H2,1-4H3,(H,21,22)/t10-,11-,12+,17-/m1/s1. The smallest absolute Gasteiger partial charge is 0.410 e. The Balaban J connectivity index is 2.09. The highest BCUT2D eigenvalue weighted by atomic mass is 16.6. The summed E-state index contributed by atoms with van der Waals surface area (Å²) in [7, 11) is 0. The molecule has 2 fully saturated rings. The van der Waals surface area contributed by atoms with E-state index in [1.54, 1.807) is 20.8 Å². The number of carboxylic acid groups (broad SMARTS) is 1. The van der Waals surface area contributed by atoms with Crippen molar-refractivity contribution in [1.82, 2.24) is 4.90 Å². The number of carbonyl (C=O) groups is 3. The van der Waals surface area contributed by atoms with Gasteiger partial charge in [0.05, 0.1) is 24.1 Å². The van der Waals surface area contributed by atoms with Gasteiger partial charge >= 0.3 is 12.1 Å². The summed E-state index contributed by atoms with van der Waals surface area (Å²) in [4.78, 5) is 37.7. The number of aliphatic hydroxyl groups excluding tert-OH is 1. The van der Waals surface area contributed by atoms with Crippen LogP contribution >= 0.6 is 0 Å². The zero-order chi connectivity index (χ0) is 18.3. The topological polar surface area (TPSA) is 104 Å². The van der Waals surface area contributed by atoms with E-state index < -0.39 is 35.2 Å². The minimum absolute atomic E-state index is 0.000234. The van der Waals surface area contributed by atoms with Crippen molar-refractivity contribution < 1.29 is 29.3 Å². The number of amides is 1. The van der Waals surface area contributed by atoms with Gasteiger partial charge in [-0.1, -0.05) is 13.3 Å². The van der Waals surface area contributed by atoms with Crippen LogP contribution in [0.15, 0.2) is 0 Å². The van der Waals surface area contributed by atoms with Gasteiger partial charge in [0.15, 0.2) is 5.78 Å². The number of carboxylic acids is 1. The molecule has 2 aliphatic rings. The van der Waals surface area contributed by atoms with E-state index >= 15 is 0 Å². The maximum Gasteiger partial charge on any atom is 0.410 e. The van der Waals surface area contributed by atoms with Gasteiger partial charge in [-0.25, -0.2) is 4.79 Å². The number of ketones is 1. The lowest BCUT2D eigenvalue weighted by atomic mass is 9.92. The molecule has 1 aliphatic heterocycles. The van der Waals surface area contributed by atoms with Gasteiger partial charge in [-0.05, 0) is 33.1 Å². The highest BCUT2D eigenvalue weighted by Crippen LogP contribution is 2.57. The van der Waals surface area contributed by atoms with Gasteiger partial charge in [0.2, 0.25) is 0 Å². The molecule has 1 saturated carbocycles. The van der Waals surface area contributed by atoms with Crippen molar-refractivity contribution in [3.63, 3.8) is 0 Å². The van der Waals surface area contributed by atoms with Gasteiger partial charge in [0, 0.05) is 12.8 Å². The summed E-state index contributed by atoms with van der Waals surface area (Å²) in [6.45, 7) is 7.12. The first-order chi connectivity index (χ1) is 11.0. The minimum Gasteiger partial charge on any atom is -0.481 e. The Morgan fingerprint density at radius 2 is 1.92 bits per heavy atom. The first-order valence-corrected chi connectivity index (χ1v) is 8.44. The summed E-state index contributed by atoms with van der Waals surface area (Å²) in [6, 6.07) is -0.816. The molecule has 136 valence electrons. The Morgan fingerprint density at radius 3 is 2.38 bits per heavy atom. The zero-order valence-electron chi connectivity index (χ0n) is 14.7. The zero-order valence-corrected chi connectivity index (χ0v) is 14.7. The molecular formula is C17H27NO6. The van der Waals surface area contributed by atoms with Crippen LogP contribution in [-0.4, -0.2) is 57.3 Å². The maximum atomic E-state index is 12.7. The number of nitrogens with zero attached hydrogens (tertiary/aromatic N) is 1. The first-order valence-electron chi connectivity index (χ1n) is 8.44. The summed E-state index contributed by atoms with van der Waals surface area (Å²) < 4.78 is 5.29. The van der Waals surface area contributed by atoms with E-state index in [0.717, 1.165) is 0 Å². The lowest BCUT2D eigenvalue weighted by Crippen LogP contribution is -2.44. The molecule has 1 saturated heterocycles. The van der Waals surface area contributed by atoms with E-state index in [9.17, 15) is 24.6 Å². The van der Waals surface area contributed by atoms with Crippen LogP contribution in [0.4, 0.5) is 4.79 Å². The van der Waals surface area contributed by atoms with Crippen molar-refractivity contribution in [2.75, 3.05) is 6.54 Å². The van der Waals surface area contributed by atoms with Gasteiger partial charge < -0.3 is 14.9 Å². The average molecular weight is 341 g/mol. The number of ether oxygens (including phenoxy) is 1. The molecule has 1 heterocycles. The van der Waals surface area contributed by atoms with Gasteiger partial charge in [-0.2, -0.15) is 0 Å². The van der Waals surface area contributed by atoms with Crippen LogP contribution in [0, 0.1) is 11.3 Å². The Bertz CT molecular complexity index is 540. The molecule has 2 N–H and O–H groups in total. The fourth-order valence-electron chi connectivity index (χ4n) is 3.54. The maximum absolute atomic E-state index is 12.7. The van der Waals surface area contributed by atoms with E-state index in [4.69, 9.17) is 4.74 Å². The van der Waals surface area contributed by atoms with E-state index in [0.29, 0.717) is 12.8 Å². The quantitative estimate of drug-likeness (QED) is 0.790. The van der Waals surface area contributed by atoms with Crippen molar-refractivity contribution in [3.8, 4) is 0 Å². The molecule has 0 radical (unpaired) electrons. The molecule has 0 unspecified atom stereocenters. The van der Waals surface area contributed by atoms with Gasteiger partial charge in [0.1, 0.15) is 5.60 Å². The van der Waals surface area contributed by atoms with Gasteiger partial charge in [-0.15, -0.1) is 0 Å². The van der Waals surface area contributed by atoms with Crippen LogP contribution < -0.4 is 0 Å². The van der Waals surface area contributed by atoms with E-state index in [1.165, 1.54) is 4.90 Å². The molecule has 0 aromatic heterocycles. The number of hydrogen-bond acceptors (Lipinski definition) is 5. The summed E-state index contributed by atoms with van der Waals surface area (Å²) in [5, 5.41) is 19.3. The lowest BCUT2D eigenvalue weighted by molar-refractivity contribution is -0.146. The Morgan fingerprint density at radius 1 is 1.29 bits per heavy atom. The largest absolute Gasteiger partial charge is 0.481 e. The number of hydrogen-bond donors (Lipinski definition) is 2. The molecule has 1 amide bonds. The summed E-state index contributed by atoms with van der Waals surface area (Å²) in [6.07, 6.45) is -0.213. The lowest BCUT2D eigenvalue weighted by Gasteiger charge is -2.28. The molecule has 0 spiro atoms. The van der Waals surface area contributed by atoms with Crippen molar-refractivity contribution >= 4 is 17.8 Å². The number of rotatable bonds is 5. The molecule has 24 heavy (non-hydrogen) atoms. The molecular weight excluding hydrogens is 314 g/mol. The molecule has 2 rings (SSSR count). The Labute approximate surface area is 142 Å². The molecule has 0 aromatic rings. The van der Waals surface area contributed by atoms with E-state index in [-0.39, 0.29) is 31.1 Å². The second-order valence-corrected chi connectivity index (χ2v) is 7.95. The van der Waals surface area contributed by atoms with Crippen LogP contribution in [0.1, 0.15) is 53.4 Å². The van der Waals surface area contributed by atoms with Crippen LogP contribution in [0.3, 0.4) is 0 Å². The SMILES string of the molecule is CC[C@@H]1C[C@]1(CC(=O)[C@@H]1C[C@@H](O)CN1C(=O)OC(C)(C)C)C(=O)O. The third-order valence-corrected chi connectivity index (χ3v) is 4.92. The minimum atomic E-state index is -1.00. The van der Waals surface area contributed by atoms with Crippen molar-refractivity contribution in [2.45, 2.75) is 71.1 Å². The number of carbonyl (C=O) groups excluding carboxylic acids is 2. The molecule has 4 atom stereocenters. The Kier molecular flexibility index (Phi) is 4.95. The van der Waals surface area contributed by atoms with Crippen molar-refractivity contribution in [3.05, 3.63) is 0 Å². The normalized spacial score (nSPS) is 32.5. The highest BCUT2D eigenvalue weighted by molar-refractivity contribution is 5.93. The van der Waals surface area contributed by atoms with Crippen molar-refractivity contribution in [1.29, 1.82) is 0 Å². The summed E-state index contributed by atoms with van der Waals surface area (Å²) in [5.74, 6) is -1.26. The number of β-amino-alcohol motifs (C(OH)–C–C–N with tert-alkyl or cyclic N) is 1. The van der Waals surface area contributed by atoms with Gasteiger partial charge in [0.25, 0.3) is 0 Å². The monoisotopic (exact) mass is 341 g/mol. The highest BCUT2D eigenvalue weighted by Gasteiger charge is 2.61. The fourth-order valence-corrected chi connectivity index (χ4v) is 3.54. The number of aliphatic carboxylic acids is 1. The van der Waals surface area contributed by atoms with E-state index in [2.05, 4.69) is 0 Å². The number of aliphatic hydroxyl groups is 1. The third kappa shape index (κ3) is 3.71. The summed E-state index contributed by atoms with van der Waals surface area (Å²) >= 11 is 0. The van der Waals surface area contributed by atoms with Gasteiger partial charge in [-0.3, -0.25) is 14.5 Å². The van der Waals surface area contributed by atoms with Crippen LogP contribution in [0.2, 0.25) is 0 Å². The number of Topliss-reactive ketones (excluding diaryl/α,β-unsaturated/α-hetero) is 1. The number of likely N-dealkylation sites (tertiary alicyclic amines) is 1. The van der Waals surface area contributed by atoms with E-state index in [1.807, 2.05) is 6.92 Å². The van der Waals surface area contributed by atoms with Crippen LogP contribution in [0.5, 0.6) is 0 Å². The first kappa shape index (κ1) is 18.7.